The molecule has 3 rings (SSSR count). The van der Waals surface area contributed by atoms with E-state index in [4.69, 9.17) is 11.6 Å². The van der Waals surface area contributed by atoms with Crippen LogP contribution in [0.4, 0.5) is 4.39 Å². The second kappa shape index (κ2) is 9.18. The minimum absolute atomic E-state index is 0.163. The van der Waals surface area contributed by atoms with Crippen LogP contribution in [0.1, 0.15) is 29.7 Å². The van der Waals surface area contributed by atoms with Crippen molar-refractivity contribution in [2.45, 2.75) is 32.7 Å². The summed E-state index contributed by atoms with van der Waals surface area (Å²) in [6.45, 7) is 7.26. The van der Waals surface area contributed by atoms with Gasteiger partial charge < -0.3 is 9.80 Å². The van der Waals surface area contributed by atoms with Crippen molar-refractivity contribution in [1.29, 1.82) is 0 Å². The molecular weight excluding hydrogens is 363 g/mol. The number of piperidine rings is 1. The Hall–Kier alpha value is -1.43. The van der Waals surface area contributed by atoms with Crippen molar-refractivity contribution in [3.8, 4) is 0 Å². The zero-order chi connectivity index (χ0) is 19.4. The lowest BCUT2D eigenvalue weighted by Gasteiger charge is -2.34. The molecule has 1 aromatic heterocycles. The molecule has 0 unspecified atom stereocenters. The normalized spacial score (nSPS) is 18.4. The summed E-state index contributed by atoms with van der Waals surface area (Å²) >= 11 is 6.38. The first-order valence-corrected chi connectivity index (χ1v) is 10.1. The van der Waals surface area contributed by atoms with E-state index in [9.17, 15) is 4.39 Å². The third-order valence-corrected chi connectivity index (χ3v) is 5.97. The van der Waals surface area contributed by atoms with Gasteiger partial charge in [-0.25, -0.2) is 4.39 Å². The molecule has 0 saturated carbocycles. The molecule has 1 aliphatic heterocycles. The summed E-state index contributed by atoms with van der Waals surface area (Å²) in [6, 6.07) is 6.89. The lowest BCUT2D eigenvalue weighted by atomic mass is 9.97. The molecule has 1 saturated heterocycles. The fourth-order valence-corrected chi connectivity index (χ4v) is 4.30. The molecule has 0 spiro atoms. The monoisotopic (exact) mass is 392 g/mol. The smallest absolute Gasteiger partial charge is 0.131 e. The number of aryl methyl sites for hydroxylation is 2. The average molecular weight is 393 g/mol. The van der Waals surface area contributed by atoms with E-state index in [0.717, 1.165) is 55.6 Å². The molecule has 0 bridgehead atoms. The van der Waals surface area contributed by atoms with E-state index in [1.807, 2.05) is 26.1 Å². The second-order valence-corrected chi connectivity index (χ2v) is 8.22. The first-order valence-electron chi connectivity index (χ1n) is 9.75. The topological polar surface area (TPSA) is 24.3 Å². The molecular formula is C21H30ClFN4. The van der Waals surface area contributed by atoms with E-state index in [-0.39, 0.29) is 5.82 Å². The molecule has 27 heavy (non-hydrogen) atoms. The predicted octanol–water partition coefficient (Wildman–Crippen LogP) is 3.91. The molecule has 0 amide bonds. The molecule has 148 valence electrons. The maximum absolute atomic E-state index is 13.0. The van der Waals surface area contributed by atoms with E-state index in [2.05, 4.69) is 21.9 Å². The highest BCUT2D eigenvalue weighted by atomic mass is 35.5. The average Bonchev–Trinajstić information content (AvgIpc) is 2.88. The fraction of sp³-hybridized carbons (Fsp3) is 0.571. The first-order chi connectivity index (χ1) is 12.9. The molecule has 6 heteroatoms. The van der Waals surface area contributed by atoms with Gasteiger partial charge in [0.2, 0.25) is 0 Å². The maximum atomic E-state index is 13.0. The summed E-state index contributed by atoms with van der Waals surface area (Å²) < 4.78 is 14.8. The molecule has 4 nitrogen and oxygen atoms in total. The van der Waals surface area contributed by atoms with Gasteiger partial charge in [0.1, 0.15) is 11.0 Å². The standard InChI is InChI=1S/C21H30ClFN4/c1-16-20(21(22)26(3)24-16)15-25(2)13-18-5-4-11-27(14-18)12-10-17-6-8-19(23)9-7-17/h6-9,18H,4-5,10-15H2,1-3H3/t18-/m1/s1. The van der Waals surface area contributed by atoms with Crippen LogP contribution in [0, 0.1) is 18.7 Å². The lowest BCUT2D eigenvalue weighted by Crippen LogP contribution is -2.40. The van der Waals surface area contributed by atoms with Gasteiger partial charge >= 0.3 is 0 Å². The van der Waals surface area contributed by atoms with Gasteiger partial charge in [0.25, 0.3) is 0 Å². The Morgan fingerprint density at radius 3 is 2.70 bits per heavy atom. The first kappa shape index (κ1) is 20.3. The molecule has 1 fully saturated rings. The highest BCUT2D eigenvalue weighted by Crippen LogP contribution is 2.22. The Morgan fingerprint density at radius 1 is 1.30 bits per heavy atom. The zero-order valence-corrected chi connectivity index (χ0v) is 17.3. The maximum Gasteiger partial charge on any atom is 0.131 e. The minimum Gasteiger partial charge on any atom is -0.303 e. The Kier molecular flexibility index (Phi) is 6.90. The van der Waals surface area contributed by atoms with Crippen LogP contribution in [0.25, 0.3) is 0 Å². The van der Waals surface area contributed by atoms with Gasteiger partial charge in [-0.15, -0.1) is 0 Å². The van der Waals surface area contributed by atoms with Gasteiger partial charge in [-0.2, -0.15) is 5.10 Å². The quantitative estimate of drug-likeness (QED) is 0.714. The van der Waals surface area contributed by atoms with Crippen molar-refractivity contribution >= 4 is 11.6 Å². The number of aromatic nitrogens is 2. The Balaban J connectivity index is 1.48. The van der Waals surface area contributed by atoms with Gasteiger partial charge in [-0.3, -0.25) is 4.68 Å². The number of hydrogen-bond donors (Lipinski definition) is 0. The Morgan fingerprint density at radius 2 is 2.04 bits per heavy atom. The zero-order valence-electron chi connectivity index (χ0n) is 16.6. The van der Waals surface area contributed by atoms with Crippen LogP contribution in [-0.4, -0.2) is 52.8 Å². The van der Waals surface area contributed by atoms with Crippen LogP contribution in [0.2, 0.25) is 5.15 Å². The number of rotatable bonds is 7. The molecule has 0 radical (unpaired) electrons. The summed E-state index contributed by atoms with van der Waals surface area (Å²) in [4.78, 5) is 4.91. The van der Waals surface area contributed by atoms with Crippen molar-refractivity contribution < 1.29 is 4.39 Å². The largest absolute Gasteiger partial charge is 0.303 e. The molecule has 0 N–H and O–H groups in total. The van der Waals surface area contributed by atoms with Crippen LogP contribution in [-0.2, 0) is 20.0 Å². The summed E-state index contributed by atoms with van der Waals surface area (Å²) in [7, 11) is 4.05. The number of hydrogen-bond acceptors (Lipinski definition) is 3. The molecule has 1 aliphatic rings. The predicted molar refractivity (Wildman–Crippen MR) is 109 cm³/mol. The van der Waals surface area contributed by atoms with Crippen LogP contribution < -0.4 is 0 Å². The van der Waals surface area contributed by atoms with Gasteiger partial charge in [0.15, 0.2) is 0 Å². The summed E-state index contributed by atoms with van der Waals surface area (Å²) in [5.41, 5.74) is 3.35. The van der Waals surface area contributed by atoms with Gasteiger partial charge in [0.05, 0.1) is 5.69 Å². The van der Waals surface area contributed by atoms with Crippen molar-refractivity contribution in [2.75, 3.05) is 33.2 Å². The minimum atomic E-state index is -0.163. The molecule has 2 aromatic rings. The molecule has 1 aromatic carbocycles. The third kappa shape index (κ3) is 5.53. The number of likely N-dealkylation sites (tertiary alicyclic amines) is 1. The summed E-state index contributed by atoms with van der Waals surface area (Å²) in [6.07, 6.45) is 3.50. The number of halogens is 2. The van der Waals surface area contributed by atoms with Crippen LogP contribution >= 0.6 is 11.6 Å². The highest BCUT2D eigenvalue weighted by Gasteiger charge is 2.22. The second-order valence-electron chi connectivity index (χ2n) is 7.86. The van der Waals surface area contributed by atoms with Crippen LogP contribution in [0.15, 0.2) is 24.3 Å². The van der Waals surface area contributed by atoms with E-state index >= 15 is 0 Å². The Labute approximate surface area is 166 Å². The number of benzene rings is 1. The summed E-state index contributed by atoms with van der Waals surface area (Å²) in [5, 5.41) is 5.15. The third-order valence-electron chi connectivity index (χ3n) is 5.50. The van der Waals surface area contributed by atoms with E-state index in [1.54, 1.807) is 16.8 Å². The Bertz CT molecular complexity index is 743. The van der Waals surface area contributed by atoms with Gasteiger partial charge in [0, 0.05) is 38.8 Å². The highest BCUT2D eigenvalue weighted by molar-refractivity contribution is 6.30. The van der Waals surface area contributed by atoms with E-state index in [0.29, 0.717) is 5.92 Å². The molecule has 2 heterocycles. The molecule has 1 atom stereocenters. The van der Waals surface area contributed by atoms with E-state index < -0.39 is 0 Å². The van der Waals surface area contributed by atoms with Crippen LogP contribution in [0.3, 0.4) is 0 Å². The fourth-order valence-electron chi connectivity index (χ4n) is 4.07. The van der Waals surface area contributed by atoms with Crippen molar-refractivity contribution in [3.05, 3.63) is 52.1 Å². The number of nitrogens with zero attached hydrogens (tertiary/aromatic N) is 4. The van der Waals surface area contributed by atoms with E-state index in [1.165, 1.54) is 18.4 Å². The summed E-state index contributed by atoms with van der Waals surface area (Å²) in [5.74, 6) is 0.511. The SMILES string of the molecule is Cc1nn(C)c(Cl)c1CN(C)C[C@H]1CCCN(CCc2ccc(F)cc2)C1. The van der Waals surface area contributed by atoms with Gasteiger partial charge in [-0.1, -0.05) is 23.7 Å². The van der Waals surface area contributed by atoms with Crippen molar-refractivity contribution in [3.63, 3.8) is 0 Å². The van der Waals surface area contributed by atoms with Crippen LogP contribution in [0.5, 0.6) is 0 Å². The van der Waals surface area contributed by atoms with Crippen molar-refractivity contribution in [2.24, 2.45) is 13.0 Å². The van der Waals surface area contributed by atoms with Crippen molar-refractivity contribution in [1.82, 2.24) is 19.6 Å². The molecule has 0 aliphatic carbocycles. The van der Waals surface area contributed by atoms with Gasteiger partial charge in [-0.05, 0) is 63.4 Å². The lowest BCUT2D eigenvalue weighted by molar-refractivity contribution is 0.142.